The number of nitrogens with zero attached hydrogens (tertiary/aromatic N) is 3. The van der Waals surface area contributed by atoms with E-state index < -0.39 is 136 Å². The molecule has 8 rings (SSSR count). The third-order valence-corrected chi connectivity index (χ3v) is 12.7. The van der Waals surface area contributed by atoms with Crippen LogP contribution in [0.15, 0.2) is 34.1 Å². The molecule has 8 atom stereocenters. The number of alkyl carbamates (subject to hydrolysis) is 1. The lowest BCUT2D eigenvalue weighted by Gasteiger charge is -2.31. The molecule has 0 unspecified atom stereocenters. The van der Waals surface area contributed by atoms with Gasteiger partial charge in [0.2, 0.25) is 16.7 Å². The second kappa shape index (κ2) is 20.5. The van der Waals surface area contributed by atoms with Gasteiger partial charge in [-0.2, -0.15) is 4.39 Å². The summed E-state index contributed by atoms with van der Waals surface area (Å²) in [7, 11) is -1.18. The van der Waals surface area contributed by atoms with Gasteiger partial charge in [0, 0.05) is 68.8 Å². The van der Waals surface area contributed by atoms with Crippen LogP contribution in [-0.2, 0) is 9.39 Å². The minimum atomic E-state index is -3.48. The number of halogens is 9. The van der Waals surface area contributed by atoms with Crippen LogP contribution < -0.4 is 41.6 Å². The number of nitrogens with one attached hydrogen (secondary N) is 2. The van der Waals surface area contributed by atoms with Crippen LogP contribution >= 0.6 is 0 Å². The molecular formula is C45H52BF9N6O10. The lowest BCUT2D eigenvalue weighted by molar-refractivity contribution is 0.0440. The number of aromatic nitrogens is 2. The van der Waals surface area contributed by atoms with Crippen molar-refractivity contribution >= 4 is 53.0 Å². The highest BCUT2D eigenvalue weighted by Crippen LogP contribution is 2.47. The highest BCUT2D eigenvalue weighted by Gasteiger charge is 2.45. The Morgan fingerprint density at radius 1 is 0.873 bits per heavy atom. The quantitative estimate of drug-likeness (QED) is 0.0955. The molecule has 4 aromatic rings. The number of anilines is 1. The van der Waals surface area contributed by atoms with Crippen molar-refractivity contribution in [2.75, 3.05) is 58.6 Å². The van der Waals surface area contributed by atoms with Crippen molar-refractivity contribution in [3.63, 3.8) is 0 Å². The van der Waals surface area contributed by atoms with Gasteiger partial charge in [-0.15, -0.1) is 0 Å². The van der Waals surface area contributed by atoms with Crippen LogP contribution in [0.3, 0.4) is 0 Å². The maximum atomic E-state index is 15.2. The fourth-order valence-electron chi connectivity index (χ4n) is 8.65. The van der Waals surface area contributed by atoms with E-state index in [0.29, 0.717) is 19.2 Å². The molecule has 2 aromatic carbocycles. The van der Waals surface area contributed by atoms with Gasteiger partial charge in [-0.1, -0.05) is 0 Å². The molecule has 1 amide bonds. The fraction of sp³-hybridized carbons (Fsp3) is 0.533. The van der Waals surface area contributed by atoms with E-state index in [1.807, 2.05) is 6.92 Å². The molecule has 2 aromatic heterocycles. The van der Waals surface area contributed by atoms with E-state index >= 15 is 4.39 Å². The topological polar surface area (TPSA) is 206 Å². The molecule has 388 valence electrons. The largest absolute Gasteiger partial charge is 0.798 e. The third kappa shape index (κ3) is 11.2. The molecule has 4 heterocycles. The van der Waals surface area contributed by atoms with Crippen LogP contribution in [0, 0.1) is 29.3 Å². The van der Waals surface area contributed by atoms with Crippen molar-refractivity contribution in [1.82, 2.24) is 19.8 Å². The number of fused-ring (bicyclic) bond motifs is 2. The number of rotatable bonds is 11. The second-order valence-corrected chi connectivity index (χ2v) is 19.2. The van der Waals surface area contributed by atoms with E-state index in [0.717, 1.165) is 30.1 Å². The molecule has 2 aliphatic heterocycles. The van der Waals surface area contributed by atoms with Gasteiger partial charge >= 0.3 is 25.5 Å². The van der Waals surface area contributed by atoms with Gasteiger partial charge in [0.05, 0.1) is 67.0 Å². The monoisotopic (exact) mass is 1020 g/mol. The first kappa shape index (κ1) is 54.2. The first-order chi connectivity index (χ1) is 33.1. The Morgan fingerprint density at radius 3 is 1.85 bits per heavy atom. The highest BCUT2D eigenvalue weighted by molar-refractivity contribution is 6.38. The summed E-state index contributed by atoms with van der Waals surface area (Å²) >= 11 is 0. The van der Waals surface area contributed by atoms with Crippen LogP contribution in [0.2, 0.25) is 0 Å². The summed E-state index contributed by atoms with van der Waals surface area (Å²) in [5.74, 6) is -8.23. The average Bonchev–Trinajstić information content (AvgIpc) is 4.12. The summed E-state index contributed by atoms with van der Waals surface area (Å²) in [5.41, 5.74) is 0.534. The summed E-state index contributed by atoms with van der Waals surface area (Å²) in [6.45, 7) is 9.22. The number of ether oxygens (including phenoxy) is 3. The van der Waals surface area contributed by atoms with Gasteiger partial charge in [0.15, 0.2) is 23.1 Å². The fourth-order valence-corrected chi connectivity index (χ4v) is 8.65. The third-order valence-electron chi connectivity index (χ3n) is 12.7. The summed E-state index contributed by atoms with van der Waals surface area (Å²) in [5, 5.41) is 14.5. The van der Waals surface area contributed by atoms with E-state index in [2.05, 4.69) is 15.3 Å². The molecule has 71 heavy (non-hydrogen) atoms. The predicted octanol–water partition coefficient (Wildman–Crippen LogP) is 6.36. The Labute approximate surface area is 399 Å². The molecule has 26 heteroatoms. The summed E-state index contributed by atoms with van der Waals surface area (Å²) in [6.07, 6.45) is -1.07. The number of amides is 1. The number of carboxylic acids is 1. The minimum Gasteiger partial charge on any atom is -0.492 e. The van der Waals surface area contributed by atoms with Gasteiger partial charge in [0.25, 0.3) is 0 Å². The smallest absolute Gasteiger partial charge is 0.492 e. The maximum absolute atomic E-state index is 15.2. The molecule has 0 bridgehead atoms. The van der Waals surface area contributed by atoms with E-state index in [1.165, 1.54) is 11.7 Å². The molecular weight excluding hydrogens is 966 g/mol. The van der Waals surface area contributed by atoms with Crippen molar-refractivity contribution in [2.45, 2.75) is 88.6 Å². The Kier molecular flexibility index (Phi) is 15.6. The molecule has 5 N–H and O–H groups in total. The summed E-state index contributed by atoms with van der Waals surface area (Å²) in [6, 6.07) is -0.124. The van der Waals surface area contributed by atoms with Crippen LogP contribution in [0.25, 0.3) is 21.8 Å². The molecule has 2 saturated carbocycles. The normalized spacial score (nSPS) is 25.4. The number of pyridine rings is 2. The maximum Gasteiger partial charge on any atom is 0.798 e. The number of carbonyl (C=O) groups is 3. The number of methoxy groups -OCH3 is 2. The lowest BCUT2D eigenvalue weighted by Crippen LogP contribution is -2.53. The number of aromatic carboxylic acids is 1. The van der Waals surface area contributed by atoms with Gasteiger partial charge < -0.3 is 54.4 Å². The first-order valence-corrected chi connectivity index (χ1v) is 22.1. The van der Waals surface area contributed by atoms with Crippen LogP contribution in [-0.4, -0.2) is 123 Å². The van der Waals surface area contributed by atoms with Crippen molar-refractivity contribution in [1.29, 1.82) is 0 Å². The van der Waals surface area contributed by atoms with E-state index in [1.54, 1.807) is 32.6 Å². The molecule has 4 aliphatic rings. The molecule has 16 nitrogen and oxygen atoms in total. The molecule has 4 fully saturated rings. The first-order valence-electron chi connectivity index (χ1n) is 22.1. The number of nitrogens with two attached hydrogens (primary N) is 1. The van der Waals surface area contributed by atoms with E-state index in [9.17, 15) is 64.1 Å². The predicted molar refractivity (Wildman–Crippen MR) is 241 cm³/mol. The van der Waals surface area contributed by atoms with Crippen molar-refractivity contribution < 1.29 is 77.7 Å². The summed E-state index contributed by atoms with van der Waals surface area (Å²) < 4.78 is 142. The SMILES string of the molecule is CC(C)(C)OC(=O)N[C@@]1(C)CNC[C@H]1CF.COc1c(F)c(F)cc2c(=O)c(C(=O)OB(F)F)cn([C@@H]3C[C@@H]3F)c12.COc1c(N2C[C@@H](CF)[C@@](C)(N)C2)c(F)cc2c(=O)c(C(=O)O)cn([C@@H]3C[C@@H]3F)c12. The number of hydrogen-bond donors (Lipinski definition) is 4. The number of carbonyl (C=O) groups excluding carboxylic acids is 2. The van der Waals surface area contributed by atoms with Crippen LogP contribution in [0.5, 0.6) is 11.5 Å². The zero-order chi connectivity index (χ0) is 52.8. The average molecular weight is 1020 g/mol. The van der Waals surface area contributed by atoms with Crippen molar-refractivity contribution in [3.8, 4) is 11.5 Å². The zero-order valence-corrected chi connectivity index (χ0v) is 39.4. The van der Waals surface area contributed by atoms with Crippen LogP contribution in [0.4, 0.5) is 49.8 Å². The van der Waals surface area contributed by atoms with E-state index in [4.69, 9.17) is 19.9 Å². The Balaban J connectivity index is 0.000000183. The standard InChI is InChI=1S/C20H22F3N3O4.C14H9BF5NO4.C11H21FN2O2/c1-20(24)8-25(6-9(20)5-21)16-13(23)3-10-15(18(16)30-2)26(14-4-12(14)22)7-11(17(10)27)19(28)29;1-24-13-10(18)8(17)2-5-11(13)21(9-3-7(9)16)4-6(12(5)22)14(23)25-15(19)20;1-10(2,3)16-9(15)14-11(4)7-13-6-8(11)5-12/h3,7,9,12,14H,4-6,8,24H2,1-2H3,(H,28,29);2,4,7,9H,3H2,1H3;8,13H,5-7H2,1-4H3,(H,14,15)/t9-,12+,14-,20+;7-,9+;8-,11+/m101/s1. The number of carboxylic acid groups (broad SMARTS) is 1. The Morgan fingerprint density at radius 2 is 1.38 bits per heavy atom. The number of alkyl halides is 4. The van der Waals surface area contributed by atoms with Gasteiger partial charge in [-0.25, -0.2) is 40.6 Å². The van der Waals surface area contributed by atoms with Crippen molar-refractivity contribution in [2.24, 2.45) is 17.6 Å². The number of hydrogen-bond acceptors (Lipinski definition) is 12. The molecule has 0 spiro atoms. The lowest BCUT2D eigenvalue weighted by atomic mass is 9.90. The van der Waals surface area contributed by atoms with E-state index in [-0.39, 0.29) is 59.7 Å². The Hall–Kier alpha value is -6.18. The van der Waals surface area contributed by atoms with Gasteiger partial charge in [-0.05, 0) is 46.8 Å². The van der Waals surface area contributed by atoms with Gasteiger partial charge in [0.1, 0.15) is 34.8 Å². The Bertz CT molecular complexity index is 2850. The molecule has 2 aliphatic carbocycles. The van der Waals surface area contributed by atoms with Gasteiger partial charge in [-0.3, -0.25) is 18.4 Å². The second-order valence-electron chi connectivity index (χ2n) is 19.2. The highest BCUT2D eigenvalue weighted by atomic mass is 19.2. The van der Waals surface area contributed by atoms with Crippen LogP contribution in [0.1, 0.15) is 80.3 Å². The summed E-state index contributed by atoms with van der Waals surface area (Å²) in [4.78, 5) is 61.4. The zero-order valence-electron chi connectivity index (χ0n) is 39.4. The molecule has 0 radical (unpaired) electrons. The minimum absolute atomic E-state index is 0.00934. The van der Waals surface area contributed by atoms with Crippen molar-refractivity contribution in [3.05, 3.63) is 73.6 Å². The molecule has 2 saturated heterocycles. The number of benzene rings is 2.